The number of sulfone groups is 1. The first-order valence-corrected chi connectivity index (χ1v) is 10.6. The zero-order chi connectivity index (χ0) is 21.0. The fraction of sp³-hybridized carbons (Fsp3) is 0.190. The van der Waals surface area contributed by atoms with Crippen molar-refractivity contribution in [1.82, 2.24) is 5.32 Å². The lowest BCUT2D eigenvalue weighted by Crippen LogP contribution is -2.29. The summed E-state index contributed by atoms with van der Waals surface area (Å²) in [5, 5.41) is 2.58. The molecule has 0 aliphatic heterocycles. The number of methoxy groups -OCH3 is 1. The number of hydrogen-bond acceptors (Lipinski definition) is 5. The molecule has 0 radical (unpaired) electrons. The molecular formula is C21H20FNO5S. The Kier molecular flexibility index (Phi) is 6.03. The van der Waals surface area contributed by atoms with Gasteiger partial charge in [0, 0.05) is 6.26 Å². The van der Waals surface area contributed by atoms with Crippen LogP contribution in [0.25, 0.3) is 0 Å². The van der Waals surface area contributed by atoms with Gasteiger partial charge in [-0.05, 0) is 53.9 Å². The first-order chi connectivity index (χ1) is 13.8. The SMILES string of the molecule is COc1ccc(C(Cc2ccc(F)cc2)NC(=O)c2ccc(S(C)(=O)=O)o2)cc1. The summed E-state index contributed by atoms with van der Waals surface area (Å²) in [7, 11) is -1.99. The Morgan fingerprint density at radius 3 is 2.28 bits per heavy atom. The van der Waals surface area contributed by atoms with Crippen molar-refractivity contribution in [3.63, 3.8) is 0 Å². The number of benzene rings is 2. The second kappa shape index (κ2) is 8.48. The highest BCUT2D eigenvalue weighted by molar-refractivity contribution is 7.90. The van der Waals surface area contributed by atoms with Gasteiger partial charge in [0.05, 0.1) is 13.2 Å². The number of amides is 1. The molecule has 0 saturated carbocycles. The van der Waals surface area contributed by atoms with Crippen LogP contribution in [0.1, 0.15) is 27.7 Å². The van der Waals surface area contributed by atoms with Crippen molar-refractivity contribution in [2.24, 2.45) is 0 Å². The summed E-state index contributed by atoms with van der Waals surface area (Å²) in [5.74, 6) is -0.335. The summed E-state index contributed by atoms with van der Waals surface area (Å²) in [6.45, 7) is 0. The smallest absolute Gasteiger partial charge is 0.287 e. The van der Waals surface area contributed by atoms with E-state index in [1.165, 1.54) is 24.3 Å². The number of halogens is 1. The second-order valence-corrected chi connectivity index (χ2v) is 8.47. The second-order valence-electron chi connectivity index (χ2n) is 6.52. The molecule has 0 aliphatic rings. The number of carbonyl (C=O) groups is 1. The van der Waals surface area contributed by atoms with E-state index in [1.54, 1.807) is 31.4 Å². The summed E-state index contributed by atoms with van der Waals surface area (Å²) in [6.07, 6.45) is 1.40. The molecule has 0 bridgehead atoms. The number of rotatable bonds is 7. The van der Waals surface area contributed by atoms with E-state index in [1.807, 2.05) is 12.1 Å². The highest BCUT2D eigenvalue weighted by Crippen LogP contribution is 2.23. The quantitative estimate of drug-likeness (QED) is 0.636. The van der Waals surface area contributed by atoms with E-state index in [-0.39, 0.29) is 16.7 Å². The van der Waals surface area contributed by atoms with Gasteiger partial charge in [-0.15, -0.1) is 0 Å². The van der Waals surface area contributed by atoms with E-state index in [4.69, 9.17) is 9.15 Å². The van der Waals surface area contributed by atoms with Gasteiger partial charge >= 0.3 is 0 Å². The molecule has 0 aliphatic carbocycles. The van der Waals surface area contributed by atoms with Crippen molar-refractivity contribution < 1.29 is 26.8 Å². The van der Waals surface area contributed by atoms with Gasteiger partial charge in [-0.25, -0.2) is 12.8 Å². The predicted molar refractivity (Wildman–Crippen MR) is 105 cm³/mol. The lowest BCUT2D eigenvalue weighted by Gasteiger charge is -2.19. The molecule has 152 valence electrons. The van der Waals surface area contributed by atoms with E-state index in [2.05, 4.69) is 5.32 Å². The molecule has 3 aromatic rings. The highest BCUT2D eigenvalue weighted by atomic mass is 32.2. The summed E-state index contributed by atoms with van der Waals surface area (Å²) in [6, 6.07) is 15.3. The van der Waals surface area contributed by atoms with Crippen LogP contribution < -0.4 is 10.1 Å². The van der Waals surface area contributed by atoms with Crippen molar-refractivity contribution in [2.45, 2.75) is 17.6 Å². The molecule has 0 saturated heterocycles. The Bertz CT molecular complexity index is 1090. The van der Waals surface area contributed by atoms with Crippen LogP contribution in [-0.4, -0.2) is 27.7 Å². The first-order valence-electron chi connectivity index (χ1n) is 8.75. The topological polar surface area (TPSA) is 85.6 Å². The van der Waals surface area contributed by atoms with E-state index in [0.717, 1.165) is 17.4 Å². The van der Waals surface area contributed by atoms with Gasteiger partial charge in [0.25, 0.3) is 5.91 Å². The predicted octanol–water partition coefficient (Wildman–Crippen LogP) is 3.54. The highest BCUT2D eigenvalue weighted by Gasteiger charge is 2.21. The molecule has 3 rings (SSSR count). The summed E-state index contributed by atoms with van der Waals surface area (Å²) in [5.41, 5.74) is 1.63. The van der Waals surface area contributed by atoms with Crippen LogP contribution in [0.2, 0.25) is 0 Å². The lowest BCUT2D eigenvalue weighted by molar-refractivity contribution is 0.0903. The van der Waals surface area contributed by atoms with Gasteiger partial charge in [0.2, 0.25) is 14.9 Å². The van der Waals surface area contributed by atoms with E-state index >= 15 is 0 Å². The van der Waals surface area contributed by atoms with Gasteiger partial charge in [-0.1, -0.05) is 24.3 Å². The molecule has 6 nitrogen and oxygen atoms in total. The molecular weight excluding hydrogens is 397 g/mol. The largest absolute Gasteiger partial charge is 0.497 e. The third kappa shape index (κ3) is 5.23. The summed E-state index contributed by atoms with van der Waals surface area (Å²) in [4.78, 5) is 12.7. The Hall–Kier alpha value is -3.13. The van der Waals surface area contributed by atoms with Crippen molar-refractivity contribution in [1.29, 1.82) is 0 Å². The summed E-state index contributed by atoms with van der Waals surface area (Å²) >= 11 is 0. The Morgan fingerprint density at radius 2 is 1.72 bits per heavy atom. The average molecular weight is 417 g/mol. The van der Waals surface area contributed by atoms with Crippen LogP contribution in [0.4, 0.5) is 4.39 Å². The molecule has 1 atom stereocenters. The first kappa shape index (κ1) is 20.6. The maximum atomic E-state index is 13.2. The Balaban J connectivity index is 1.86. The molecule has 1 N–H and O–H groups in total. The van der Waals surface area contributed by atoms with Crippen LogP contribution in [0.5, 0.6) is 5.75 Å². The fourth-order valence-electron chi connectivity index (χ4n) is 2.82. The molecule has 0 fully saturated rings. The van der Waals surface area contributed by atoms with Crippen molar-refractivity contribution in [3.05, 3.63) is 83.4 Å². The van der Waals surface area contributed by atoms with Gasteiger partial charge in [-0.2, -0.15) is 0 Å². The molecule has 0 spiro atoms. The van der Waals surface area contributed by atoms with Gasteiger partial charge in [0.1, 0.15) is 11.6 Å². The lowest BCUT2D eigenvalue weighted by atomic mass is 9.98. The minimum Gasteiger partial charge on any atom is -0.497 e. The maximum Gasteiger partial charge on any atom is 0.287 e. The molecule has 8 heteroatoms. The van der Waals surface area contributed by atoms with Gasteiger partial charge in [0.15, 0.2) is 5.76 Å². The number of hydrogen-bond donors (Lipinski definition) is 1. The molecule has 1 heterocycles. The number of furan rings is 1. The van der Waals surface area contributed by atoms with E-state index in [0.29, 0.717) is 12.2 Å². The van der Waals surface area contributed by atoms with Crippen LogP contribution in [0, 0.1) is 5.82 Å². The zero-order valence-electron chi connectivity index (χ0n) is 15.9. The van der Waals surface area contributed by atoms with E-state index < -0.39 is 21.8 Å². The average Bonchev–Trinajstić information content (AvgIpc) is 3.20. The van der Waals surface area contributed by atoms with Gasteiger partial charge in [-0.3, -0.25) is 4.79 Å². The Labute approximate surface area is 168 Å². The Morgan fingerprint density at radius 1 is 1.07 bits per heavy atom. The van der Waals surface area contributed by atoms with Crippen LogP contribution in [0.15, 0.2) is 70.2 Å². The minimum atomic E-state index is -3.55. The monoisotopic (exact) mass is 417 g/mol. The minimum absolute atomic E-state index is 0.108. The van der Waals surface area contributed by atoms with Crippen LogP contribution >= 0.6 is 0 Å². The van der Waals surface area contributed by atoms with Crippen molar-refractivity contribution in [2.75, 3.05) is 13.4 Å². The number of nitrogens with one attached hydrogen (secondary N) is 1. The number of ether oxygens (including phenoxy) is 1. The molecule has 2 aromatic carbocycles. The molecule has 29 heavy (non-hydrogen) atoms. The van der Waals surface area contributed by atoms with Gasteiger partial charge < -0.3 is 14.5 Å². The molecule has 1 unspecified atom stereocenters. The van der Waals surface area contributed by atoms with Crippen molar-refractivity contribution >= 4 is 15.7 Å². The maximum absolute atomic E-state index is 13.2. The third-order valence-corrected chi connectivity index (χ3v) is 5.30. The van der Waals surface area contributed by atoms with Crippen molar-refractivity contribution in [3.8, 4) is 5.75 Å². The van der Waals surface area contributed by atoms with Crippen LogP contribution in [0.3, 0.4) is 0 Å². The standard InChI is InChI=1S/C21H20FNO5S/c1-27-17-9-5-15(6-10-17)18(13-14-3-7-16(22)8-4-14)23-21(24)19-11-12-20(28-19)29(2,25)26/h3-12,18H,13H2,1-2H3,(H,23,24). The number of carbonyl (C=O) groups excluding carboxylic acids is 1. The fourth-order valence-corrected chi connectivity index (χ4v) is 3.37. The molecule has 1 aromatic heterocycles. The zero-order valence-corrected chi connectivity index (χ0v) is 16.7. The molecule has 1 amide bonds. The summed E-state index contributed by atoms with van der Waals surface area (Å²) < 4.78 is 46.7. The van der Waals surface area contributed by atoms with Crippen LogP contribution in [-0.2, 0) is 16.3 Å². The third-order valence-electron chi connectivity index (χ3n) is 4.35. The van der Waals surface area contributed by atoms with E-state index in [9.17, 15) is 17.6 Å². The normalized spacial score (nSPS) is 12.4.